The molecule has 0 saturated carbocycles. The van der Waals surface area contributed by atoms with E-state index in [1.165, 1.54) is 6.07 Å². The number of likely N-dealkylation sites (N-methyl/N-ethyl adjacent to an activating group) is 1. The molecule has 1 aromatic rings. The Balaban J connectivity index is 0. The molecule has 6 atom stereocenters. The summed E-state index contributed by atoms with van der Waals surface area (Å²) in [7, 11) is -5.36. The summed E-state index contributed by atoms with van der Waals surface area (Å²) in [6, 6.07) is 1.25. The molecule has 1 aromatic heterocycles. The van der Waals surface area contributed by atoms with Crippen LogP contribution in [-0.4, -0.2) is 94.4 Å². The summed E-state index contributed by atoms with van der Waals surface area (Å²) in [5.74, 6) is -0.0793. The third-order valence-electron chi connectivity index (χ3n) is 4.07. The average Bonchev–Trinajstić information content (AvgIpc) is 2.86. The first-order valence-corrected chi connectivity index (χ1v) is 11.8. The quantitative estimate of drug-likeness (QED) is 0.140. The molecule has 20 heteroatoms. The average molecular weight is 546 g/mol. The Morgan fingerprint density at radius 3 is 2.26 bits per heavy atom. The van der Waals surface area contributed by atoms with Gasteiger partial charge < -0.3 is 55.0 Å². The zero-order valence-electron chi connectivity index (χ0n) is 19.0. The van der Waals surface area contributed by atoms with E-state index in [0.717, 1.165) is 10.8 Å². The van der Waals surface area contributed by atoms with Crippen LogP contribution < -0.4 is 50.8 Å². The number of anilines is 1. The fourth-order valence-electron chi connectivity index (χ4n) is 2.48. The smallest absolute Gasteiger partial charge is 0.756 e. The maximum atomic E-state index is 11.9. The third kappa shape index (κ3) is 10.8. The maximum absolute atomic E-state index is 11.9. The number of hydrogen-bond donors (Lipinski definition) is 3. The molecule has 0 aliphatic carbocycles. The van der Waals surface area contributed by atoms with Gasteiger partial charge in [0.15, 0.2) is 6.23 Å². The largest absolute Gasteiger partial charge is 1.00 e. The van der Waals surface area contributed by atoms with Crippen LogP contribution in [0.25, 0.3) is 0 Å². The Morgan fingerprint density at radius 2 is 1.74 bits per heavy atom. The molecule has 0 aromatic carbocycles. The number of quaternary nitrogens is 1. The van der Waals surface area contributed by atoms with Gasteiger partial charge >= 0.3 is 35.2 Å². The molecule has 1 saturated heterocycles. The molecule has 3 unspecified atom stereocenters. The van der Waals surface area contributed by atoms with Gasteiger partial charge in [-0.1, -0.05) is 0 Å². The van der Waals surface area contributed by atoms with Crippen molar-refractivity contribution < 1.29 is 92.2 Å². The van der Waals surface area contributed by atoms with Gasteiger partial charge in [-0.2, -0.15) is 4.98 Å². The SMILES string of the molecule is C[N+](C)(C)CCOP(=O)([O-])OP(=O)([O-])OC[C@H]1O[C@@H](n2ccc(N)nc2=O)C(O)[C@H]1O.O.O.[Na+]. The number of phosphoric acid groups is 2. The molecule has 1 aliphatic rings. The predicted octanol–water partition coefficient (Wildman–Crippen LogP) is -7.51. The molecule has 34 heavy (non-hydrogen) atoms. The van der Waals surface area contributed by atoms with E-state index in [9.17, 15) is 33.9 Å². The van der Waals surface area contributed by atoms with E-state index in [1.54, 1.807) is 21.1 Å². The van der Waals surface area contributed by atoms with Crippen LogP contribution in [-0.2, 0) is 27.2 Å². The number of nitrogen functional groups attached to an aromatic ring is 1. The number of phosphoric ester groups is 2. The molecule has 1 aliphatic heterocycles. The first-order chi connectivity index (χ1) is 14.1. The number of aliphatic hydroxyl groups excluding tert-OH is 2. The Hall–Kier alpha value is -0.300. The summed E-state index contributed by atoms with van der Waals surface area (Å²) in [5, 5.41) is 20.2. The van der Waals surface area contributed by atoms with Crippen molar-refractivity contribution in [3.05, 3.63) is 22.7 Å². The standard InChI is InChI=1S/C14H26N4O11P2.Na.2H2O/c1-18(2,3)6-7-26-30(22,23)29-31(24,25)27-8-9-11(19)12(20)13(28-9)17-5-4-10(15)16-14(17)21;;;/h4-5,9,11-13,19-20H,6-8H2,1-3H3,(H3-,15,16,21,22,23,24,25);;2*1H2/q;+1;;/p-1/t9-,11+,12?,13-;;;/m1.../s1. The van der Waals surface area contributed by atoms with Gasteiger partial charge in [-0.25, -0.2) is 9.11 Å². The van der Waals surface area contributed by atoms with Crippen molar-refractivity contribution in [3.63, 3.8) is 0 Å². The fourth-order valence-corrected chi connectivity index (χ4v) is 4.47. The van der Waals surface area contributed by atoms with E-state index < -0.39 is 52.5 Å². The Kier molecular flexibility index (Phi) is 14.6. The molecule has 17 nitrogen and oxygen atoms in total. The minimum Gasteiger partial charge on any atom is -0.756 e. The zero-order chi connectivity index (χ0) is 23.6. The summed E-state index contributed by atoms with van der Waals surface area (Å²) in [6.45, 7) is -0.987. The fraction of sp³-hybridized carbons (Fsp3) is 0.714. The van der Waals surface area contributed by atoms with Crippen molar-refractivity contribution in [2.45, 2.75) is 24.5 Å². The van der Waals surface area contributed by atoms with Crippen LogP contribution in [0.1, 0.15) is 6.23 Å². The Labute approximate surface area is 216 Å². The van der Waals surface area contributed by atoms with Gasteiger partial charge in [0.05, 0.1) is 27.7 Å². The van der Waals surface area contributed by atoms with E-state index in [2.05, 4.69) is 18.3 Å². The van der Waals surface area contributed by atoms with Crippen LogP contribution in [0.4, 0.5) is 5.82 Å². The first-order valence-electron chi connectivity index (χ1n) is 8.89. The molecule has 0 spiro atoms. The van der Waals surface area contributed by atoms with Crippen LogP contribution in [0.2, 0.25) is 0 Å². The molecule has 0 radical (unpaired) electrons. The number of rotatable bonds is 10. The second kappa shape index (κ2) is 13.9. The Bertz CT molecular complexity index is 930. The molecule has 2 rings (SSSR count). The summed E-state index contributed by atoms with van der Waals surface area (Å²) >= 11 is 0. The molecular formula is C14H29N4NaO13P2. The van der Waals surface area contributed by atoms with E-state index in [1.807, 2.05) is 0 Å². The van der Waals surface area contributed by atoms with Crippen LogP contribution in [0.15, 0.2) is 17.1 Å². The maximum Gasteiger partial charge on any atom is 1.00 e. The van der Waals surface area contributed by atoms with Crippen molar-refractivity contribution >= 4 is 21.5 Å². The van der Waals surface area contributed by atoms with Gasteiger partial charge in [0.2, 0.25) is 0 Å². The van der Waals surface area contributed by atoms with Gasteiger partial charge in [0.25, 0.3) is 15.6 Å². The van der Waals surface area contributed by atoms with Gasteiger partial charge in [-0.05, 0) is 6.07 Å². The van der Waals surface area contributed by atoms with Gasteiger partial charge in [0.1, 0.15) is 37.3 Å². The van der Waals surface area contributed by atoms with Crippen molar-refractivity contribution in [1.29, 1.82) is 0 Å². The van der Waals surface area contributed by atoms with Crippen molar-refractivity contribution in [3.8, 4) is 0 Å². The van der Waals surface area contributed by atoms with E-state index >= 15 is 0 Å². The number of nitrogens with zero attached hydrogens (tertiary/aromatic N) is 3. The summed E-state index contributed by atoms with van der Waals surface area (Å²) in [4.78, 5) is 38.9. The molecule has 1 fully saturated rings. The molecule has 0 amide bonds. The van der Waals surface area contributed by atoms with Crippen LogP contribution in [0.5, 0.6) is 0 Å². The van der Waals surface area contributed by atoms with Crippen molar-refractivity contribution in [2.24, 2.45) is 0 Å². The number of aliphatic hydroxyl groups is 2. The monoisotopic (exact) mass is 546 g/mol. The third-order valence-corrected chi connectivity index (χ3v) is 6.64. The van der Waals surface area contributed by atoms with Gasteiger partial charge in [-0.15, -0.1) is 0 Å². The Morgan fingerprint density at radius 1 is 1.18 bits per heavy atom. The van der Waals surface area contributed by atoms with E-state index in [-0.39, 0.29) is 59.5 Å². The minimum atomic E-state index is -5.43. The number of nitrogens with two attached hydrogens (primary N) is 1. The minimum absolute atomic E-state index is 0. The number of ether oxygens (including phenoxy) is 1. The number of aromatic nitrogens is 2. The summed E-state index contributed by atoms with van der Waals surface area (Å²) in [6.07, 6.45) is -5.01. The number of hydrogen-bond acceptors (Lipinski definition) is 13. The van der Waals surface area contributed by atoms with E-state index in [4.69, 9.17) is 10.5 Å². The molecule has 0 bridgehead atoms. The molecule has 8 N–H and O–H groups in total. The summed E-state index contributed by atoms with van der Waals surface area (Å²) < 4.78 is 42.9. The normalized spacial score (nSPS) is 25.7. The predicted molar refractivity (Wildman–Crippen MR) is 107 cm³/mol. The second-order valence-corrected chi connectivity index (χ2v) is 10.7. The van der Waals surface area contributed by atoms with Gasteiger partial charge in [0, 0.05) is 6.20 Å². The first kappa shape index (κ1) is 35.9. The molecule has 194 valence electrons. The second-order valence-electron chi connectivity index (χ2n) is 7.71. The van der Waals surface area contributed by atoms with Crippen LogP contribution in [0, 0.1) is 0 Å². The van der Waals surface area contributed by atoms with Crippen LogP contribution in [0.3, 0.4) is 0 Å². The molecular weight excluding hydrogens is 517 g/mol. The van der Waals surface area contributed by atoms with Gasteiger partial charge in [-0.3, -0.25) is 13.7 Å². The summed E-state index contributed by atoms with van der Waals surface area (Å²) in [5.41, 5.74) is 4.50. The van der Waals surface area contributed by atoms with Crippen molar-refractivity contribution in [2.75, 3.05) is 46.6 Å². The van der Waals surface area contributed by atoms with Crippen molar-refractivity contribution in [1.82, 2.24) is 9.55 Å². The van der Waals surface area contributed by atoms with Crippen LogP contribution >= 0.6 is 15.6 Å². The van der Waals surface area contributed by atoms with E-state index in [0.29, 0.717) is 4.48 Å². The molecule has 2 heterocycles. The zero-order valence-corrected chi connectivity index (χ0v) is 22.8. The topological polar surface area (TPSA) is 282 Å².